The Bertz CT molecular complexity index is 2650. The van der Waals surface area contributed by atoms with Gasteiger partial charge in [-0.2, -0.15) is 10.5 Å². The molecule has 4 heterocycles. The number of anilines is 3. The molecule has 0 aliphatic carbocycles. The first-order valence-corrected chi connectivity index (χ1v) is 26.0. The van der Waals surface area contributed by atoms with E-state index in [0.717, 1.165) is 78.7 Å². The topological polar surface area (TPSA) is 135 Å². The lowest BCUT2D eigenvalue weighted by Gasteiger charge is -2.26. The van der Waals surface area contributed by atoms with Gasteiger partial charge in [-0.15, -0.1) is 45.3 Å². The number of carboxylic acids is 2. The summed E-state index contributed by atoms with van der Waals surface area (Å²) in [5, 5.41) is 37.0. The highest BCUT2D eigenvalue weighted by molar-refractivity contribution is 7.30. The first-order valence-electron chi connectivity index (χ1n) is 22.7. The molecule has 0 radical (unpaired) electrons. The van der Waals surface area contributed by atoms with Gasteiger partial charge in [-0.3, -0.25) is 0 Å². The maximum atomic E-state index is 11.4. The second kappa shape index (κ2) is 24.0. The molecule has 0 saturated heterocycles. The van der Waals surface area contributed by atoms with Gasteiger partial charge in [0.25, 0.3) is 0 Å². The zero-order chi connectivity index (χ0) is 46.3. The monoisotopic (exact) mass is 951 g/mol. The fourth-order valence-corrected chi connectivity index (χ4v) is 12.6. The van der Waals surface area contributed by atoms with Crippen LogP contribution in [0.4, 0.5) is 17.1 Å². The molecule has 0 fully saturated rings. The molecule has 7 rings (SSSR count). The molecule has 7 aromatic rings. The van der Waals surface area contributed by atoms with Gasteiger partial charge in [0.15, 0.2) is 0 Å². The molecule has 0 bridgehead atoms. The molecule has 0 unspecified atom stereocenters. The summed E-state index contributed by atoms with van der Waals surface area (Å²) in [7, 11) is 0. The zero-order valence-corrected chi connectivity index (χ0v) is 40.4. The van der Waals surface area contributed by atoms with E-state index in [4.69, 9.17) is 4.74 Å². The van der Waals surface area contributed by atoms with E-state index in [1.807, 2.05) is 24.3 Å². The first kappa shape index (κ1) is 47.9. The average molecular weight is 952 g/mol. The van der Waals surface area contributed by atoms with Crippen LogP contribution in [0.1, 0.15) is 107 Å². The summed E-state index contributed by atoms with van der Waals surface area (Å²) in [5.41, 5.74) is 4.53. The number of hydrogen-bond acceptors (Lipinski definition) is 10. The number of rotatable bonds is 25. The number of benzene rings is 3. The fraction of sp³-hybridized carbons (Fsp3) is 0.296. The van der Waals surface area contributed by atoms with Crippen LogP contribution in [0.2, 0.25) is 0 Å². The number of unbranched alkanes of at least 4 members (excludes halogenated alkanes) is 13. The van der Waals surface area contributed by atoms with E-state index in [0.29, 0.717) is 6.61 Å². The van der Waals surface area contributed by atoms with Crippen molar-refractivity contribution >= 4 is 105 Å². The van der Waals surface area contributed by atoms with Gasteiger partial charge in [-0.1, -0.05) is 115 Å². The van der Waals surface area contributed by atoms with E-state index in [2.05, 4.69) is 84.6 Å². The van der Waals surface area contributed by atoms with Crippen LogP contribution >= 0.6 is 45.3 Å². The molecule has 3 aromatic carbocycles. The predicted molar refractivity (Wildman–Crippen MR) is 277 cm³/mol. The highest BCUT2D eigenvalue weighted by Gasteiger charge is 2.17. The third-order valence-electron chi connectivity index (χ3n) is 11.4. The maximum Gasteiger partial charge on any atom is 0.346 e. The molecule has 338 valence electrons. The number of nitrogens with zero attached hydrogens (tertiary/aromatic N) is 3. The molecule has 12 heteroatoms. The van der Waals surface area contributed by atoms with Crippen molar-refractivity contribution in [3.8, 4) is 38.8 Å². The third-order valence-corrected chi connectivity index (χ3v) is 16.0. The van der Waals surface area contributed by atoms with Crippen molar-refractivity contribution in [2.24, 2.45) is 0 Å². The largest absolute Gasteiger partial charge is 0.494 e. The smallest absolute Gasteiger partial charge is 0.346 e. The minimum absolute atomic E-state index is 0.285. The van der Waals surface area contributed by atoms with Crippen LogP contribution in [-0.2, 0) is 9.59 Å². The van der Waals surface area contributed by atoms with Crippen LogP contribution in [0, 0.1) is 22.7 Å². The molecule has 0 amide bonds. The third kappa shape index (κ3) is 12.9. The minimum Gasteiger partial charge on any atom is -0.494 e. The van der Waals surface area contributed by atoms with Gasteiger partial charge in [0.2, 0.25) is 0 Å². The van der Waals surface area contributed by atoms with E-state index in [1.54, 1.807) is 34.8 Å². The Balaban J connectivity index is 1.01. The first-order chi connectivity index (χ1) is 32.2. The van der Waals surface area contributed by atoms with Crippen molar-refractivity contribution in [1.82, 2.24) is 0 Å². The highest BCUT2D eigenvalue weighted by atomic mass is 32.1. The molecule has 8 nitrogen and oxygen atoms in total. The minimum atomic E-state index is -1.23. The van der Waals surface area contributed by atoms with Crippen molar-refractivity contribution in [3.05, 3.63) is 118 Å². The number of ether oxygens (including phenoxy) is 1. The normalized spacial score (nSPS) is 11.8. The number of thiophene rings is 4. The lowest BCUT2D eigenvalue weighted by molar-refractivity contribution is -0.133. The van der Waals surface area contributed by atoms with Crippen molar-refractivity contribution in [2.75, 3.05) is 11.5 Å². The van der Waals surface area contributed by atoms with Crippen molar-refractivity contribution in [2.45, 2.75) is 96.8 Å². The van der Waals surface area contributed by atoms with Crippen LogP contribution in [0.3, 0.4) is 0 Å². The Hall–Kier alpha value is -6.02. The van der Waals surface area contributed by atoms with Gasteiger partial charge < -0.3 is 19.8 Å². The Labute approximate surface area is 403 Å². The molecule has 0 atom stereocenters. The Kier molecular flexibility index (Phi) is 17.4. The van der Waals surface area contributed by atoms with Gasteiger partial charge >= 0.3 is 11.9 Å². The van der Waals surface area contributed by atoms with Gasteiger partial charge in [-0.05, 0) is 102 Å². The van der Waals surface area contributed by atoms with Crippen molar-refractivity contribution in [1.29, 1.82) is 10.5 Å². The SMILES string of the molecule is CCCCCCCCCCCCCCCCOc1ccc(N(c2ccc(-c3cc4sc(/C=C(\C#N)C(=O)O)cc4s3)cc2)c2ccc(-c3cc4sc(/C=C(\C#N)C(=O)O)cc4s3)cc2)cc1. The number of hydrogen-bond donors (Lipinski definition) is 2. The molecule has 0 saturated carbocycles. The van der Waals surface area contributed by atoms with E-state index >= 15 is 0 Å². The maximum absolute atomic E-state index is 11.4. The quantitative estimate of drug-likeness (QED) is 0.0329. The molecule has 4 aromatic heterocycles. The number of fused-ring (bicyclic) bond motifs is 2. The lowest BCUT2D eigenvalue weighted by atomic mass is 10.0. The second-order valence-electron chi connectivity index (χ2n) is 16.3. The Morgan fingerprint density at radius 3 is 1.26 bits per heavy atom. The Morgan fingerprint density at radius 2 is 0.894 bits per heavy atom. The summed E-state index contributed by atoms with van der Waals surface area (Å²) in [6.45, 7) is 2.98. The van der Waals surface area contributed by atoms with E-state index < -0.39 is 11.9 Å². The summed E-state index contributed by atoms with van der Waals surface area (Å²) in [5.74, 6) is -1.61. The predicted octanol–water partition coefficient (Wildman–Crippen LogP) is 16.9. The van der Waals surface area contributed by atoms with Crippen LogP contribution in [0.15, 0.2) is 108 Å². The molecular weight excluding hydrogens is 899 g/mol. The van der Waals surface area contributed by atoms with Crippen molar-refractivity contribution in [3.63, 3.8) is 0 Å². The van der Waals surface area contributed by atoms with Crippen LogP contribution in [0.25, 0.3) is 51.8 Å². The summed E-state index contributed by atoms with van der Waals surface area (Å²) < 4.78 is 10.4. The van der Waals surface area contributed by atoms with Gasteiger partial charge in [0.05, 0.1) is 6.61 Å². The molecule has 2 N–H and O–H groups in total. The molecule has 66 heavy (non-hydrogen) atoms. The highest BCUT2D eigenvalue weighted by Crippen LogP contribution is 2.43. The average Bonchev–Trinajstić information content (AvgIpc) is 4.10. The number of nitriles is 2. The van der Waals surface area contributed by atoms with Crippen molar-refractivity contribution < 1.29 is 24.5 Å². The van der Waals surface area contributed by atoms with Gasteiger partial charge in [0, 0.05) is 55.4 Å². The summed E-state index contributed by atoms with van der Waals surface area (Å²) in [4.78, 5) is 28.6. The Morgan fingerprint density at radius 1 is 0.530 bits per heavy atom. The molecule has 0 spiro atoms. The van der Waals surface area contributed by atoms with Crippen LogP contribution in [0.5, 0.6) is 5.75 Å². The zero-order valence-electron chi connectivity index (χ0n) is 37.1. The second-order valence-corrected chi connectivity index (χ2v) is 20.7. The molecular formula is C54H53N3O5S4. The van der Waals surface area contributed by atoms with Crippen LogP contribution in [-0.4, -0.2) is 28.8 Å². The fourth-order valence-electron chi connectivity index (χ4n) is 7.88. The van der Waals surface area contributed by atoms with Gasteiger partial charge in [0.1, 0.15) is 29.0 Å². The van der Waals surface area contributed by atoms with Crippen LogP contribution < -0.4 is 9.64 Å². The summed E-state index contributed by atoms with van der Waals surface area (Å²) in [6.07, 6.45) is 21.4. The van der Waals surface area contributed by atoms with E-state index in [9.17, 15) is 30.3 Å². The summed E-state index contributed by atoms with van der Waals surface area (Å²) >= 11 is 6.20. The molecule has 0 aliphatic heterocycles. The number of carboxylic acid groups (broad SMARTS) is 2. The van der Waals surface area contributed by atoms with E-state index in [-0.39, 0.29) is 11.1 Å². The standard InChI is InChI=1S/C54H53N3O5S4/c1-2-3-4-5-6-7-8-9-10-11-12-13-14-15-28-62-44-26-24-43(25-27-44)57(41-20-16-37(17-21-41)47-33-51-49(65-47)31-45(63-51)29-39(35-55)53(58)59)42-22-18-38(19-23-42)48-34-52-50(66-48)32-46(64-52)30-40(36-56)54(60)61/h16-27,29-34H,2-15,28H2,1H3,(H,58,59)(H,60,61)/b39-29+,40-30+. The number of aliphatic carboxylic acids is 2. The number of carbonyl (C=O) groups is 2. The van der Waals surface area contributed by atoms with Gasteiger partial charge in [-0.25, -0.2) is 9.59 Å². The van der Waals surface area contributed by atoms with E-state index in [1.165, 1.54) is 118 Å². The lowest BCUT2D eigenvalue weighted by Crippen LogP contribution is -2.10. The summed E-state index contributed by atoms with van der Waals surface area (Å²) in [6, 6.07) is 36.9. The molecule has 0 aliphatic rings.